The van der Waals surface area contributed by atoms with E-state index in [0.29, 0.717) is 48.2 Å². The summed E-state index contributed by atoms with van der Waals surface area (Å²) in [6.07, 6.45) is 0. The number of ether oxygens (including phenoxy) is 2. The quantitative estimate of drug-likeness (QED) is 0.396. The molecule has 2 aromatic rings. The highest BCUT2D eigenvalue weighted by atomic mass is 35.5. The lowest BCUT2D eigenvalue weighted by atomic mass is 9.94. The highest BCUT2D eigenvalue weighted by Gasteiger charge is 2.46. The Hall–Kier alpha value is -2.87. The lowest BCUT2D eigenvalue weighted by Crippen LogP contribution is -2.42. The SMILES string of the molecule is COc1ccc(/C(O)=C2/C(=O)C(=O)N(CCN3CCOCC3)C2c2ccc(Cl)cc2)c(C)c1. The molecule has 2 heterocycles. The van der Waals surface area contributed by atoms with Gasteiger partial charge >= 0.3 is 0 Å². The van der Waals surface area contributed by atoms with Crippen molar-refractivity contribution in [2.45, 2.75) is 13.0 Å². The number of aliphatic hydroxyl groups is 1. The number of carbonyl (C=O) groups is 2. The number of hydrogen-bond donors (Lipinski definition) is 1. The Bertz CT molecular complexity index is 1080. The fourth-order valence-electron chi connectivity index (χ4n) is 4.35. The van der Waals surface area contributed by atoms with Crippen molar-refractivity contribution >= 4 is 29.1 Å². The molecule has 1 N–H and O–H groups in total. The van der Waals surface area contributed by atoms with Crippen LogP contribution in [0.5, 0.6) is 5.75 Å². The maximum Gasteiger partial charge on any atom is 0.295 e. The number of Topliss-reactive ketones (excluding diaryl/α,β-unsaturated/α-hetero) is 1. The summed E-state index contributed by atoms with van der Waals surface area (Å²) >= 11 is 6.08. The lowest BCUT2D eigenvalue weighted by Gasteiger charge is -2.31. The van der Waals surface area contributed by atoms with E-state index in [9.17, 15) is 14.7 Å². The minimum Gasteiger partial charge on any atom is -0.507 e. The summed E-state index contributed by atoms with van der Waals surface area (Å²) < 4.78 is 10.6. The van der Waals surface area contributed by atoms with Crippen molar-refractivity contribution < 1.29 is 24.2 Å². The minimum atomic E-state index is -0.704. The average Bonchev–Trinajstić information content (AvgIpc) is 3.08. The number of ketones is 1. The molecule has 1 amide bonds. The number of aliphatic hydroxyl groups excluding tert-OH is 1. The van der Waals surface area contributed by atoms with Crippen LogP contribution in [0.4, 0.5) is 0 Å². The number of hydrogen-bond acceptors (Lipinski definition) is 6. The van der Waals surface area contributed by atoms with Gasteiger partial charge in [-0.1, -0.05) is 23.7 Å². The van der Waals surface area contributed by atoms with Crippen LogP contribution in [0.25, 0.3) is 5.76 Å². The molecule has 0 radical (unpaired) electrons. The summed E-state index contributed by atoms with van der Waals surface area (Å²) in [5.41, 5.74) is 2.02. The standard InChI is InChI=1S/C25H27ClN2O5/c1-16-15-19(32-2)7-8-20(16)23(29)21-22(17-3-5-18(26)6-4-17)28(25(31)24(21)30)10-9-27-11-13-33-14-12-27/h3-8,15,22,29H,9-14H2,1-2H3/b23-21-. The monoisotopic (exact) mass is 470 g/mol. The van der Waals surface area contributed by atoms with E-state index in [4.69, 9.17) is 21.1 Å². The topological polar surface area (TPSA) is 79.3 Å². The molecule has 1 atom stereocenters. The fourth-order valence-corrected chi connectivity index (χ4v) is 4.48. The van der Waals surface area contributed by atoms with Crippen molar-refractivity contribution in [1.29, 1.82) is 0 Å². The molecule has 0 saturated carbocycles. The summed E-state index contributed by atoms with van der Waals surface area (Å²) in [4.78, 5) is 30.0. The number of rotatable bonds is 6. The predicted molar refractivity (Wildman–Crippen MR) is 125 cm³/mol. The van der Waals surface area contributed by atoms with Gasteiger partial charge in [-0.25, -0.2) is 0 Å². The Balaban J connectivity index is 1.75. The minimum absolute atomic E-state index is 0.0811. The number of halogens is 1. The van der Waals surface area contributed by atoms with Gasteiger partial charge in [-0.3, -0.25) is 14.5 Å². The summed E-state index contributed by atoms with van der Waals surface area (Å²) in [6, 6.07) is 11.5. The van der Waals surface area contributed by atoms with Gasteiger partial charge in [0, 0.05) is 36.8 Å². The van der Waals surface area contributed by atoms with Crippen molar-refractivity contribution in [2.75, 3.05) is 46.5 Å². The van der Waals surface area contributed by atoms with Crippen LogP contribution in [-0.4, -0.2) is 73.1 Å². The molecule has 33 heavy (non-hydrogen) atoms. The van der Waals surface area contributed by atoms with Crippen LogP contribution in [0.15, 0.2) is 48.0 Å². The molecule has 2 saturated heterocycles. The van der Waals surface area contributed by atoms with Gasteiger partial charge in [0.1, 0.15) is 11.5 Å². The Morgan fingerprint density at radius 3 is 2.45 bits per heavy atom. The van der Waals surface area contributed by atoms with E-state index in [1.807, 2.05) is 6.92 Å². The first-order valence-electron chi connectivity index (χ1n) is 10.9. The van der Waals surface area contributed by atoms with Gasteiger partial charge in [0.15, 0.2) is 0 Å². The molecule has 174 valence electrons. The first-order valence-corrected chi connectivity index (χ1v) is 11.3. The lowest BCUT2D eigenvalue weighted by molar-refractivity contribution is -0.140. The maximum absolute atomic E-state index is 13.2. The molecule has 2 aliphatic heterocycles. The largest absolute Gasteiger partial charge is 0.507 e. The van der Waals surface area contributed by atoms with E-state index in [2.05, 4.69) is 4.90 Å². The maximum atomic E-state index is 13.2. The molecule has 0 spiro atoms. The average molecular weight is 471 g/mol. The van der Waals surface area contributed by atoms with E-state index >= 15 is 0 Å². The van der Waals surface area contributed by atoms with E-state index < -0.39 is 17.7 Å². The molecule has 8 heteroatoms. The second kappa shape index (κ2) is 9.95. The molecule has 1 unspecified atom stereocenters. The van der Waals surface area contributed by atoms with Gasteiger partial charge < -0.3 is 19.5 Å². The molecule has 7 nitrogen and oxygen atoms in total. The summed E-state index contributed by atoms with van der Waals surface area (Å²) in [7, 11) is 1.56. The van der Waals surface area contributed by atoms with E-state index in [1.165, 1.54) is 0 Å². The summed E-state index contributed by atoms with van der Waals surface area (Å²) in [5.74, 6) is -0.854. The molecule has 0 aromatic heterocycles. The zero-order valence-electron chi connectivity index (χ0n) is 18.7. The van der Waals surface area contributed by atoms with Crippen LogP contribution in [-0.2, 0) is 14.3 Å². The van der Waals surface area contributed by atoms with Gasteiger partial charge in [-0.2, -0.15) is 0 Å². The van der Waals surface area contributed by atoms with Crippen LogP contribution in [0.1, 0.15) is 22.7 Å². The number of nitrogens with zero attached hydrogens (tertiary/aromatic N) is 2. The second-order valence-electron chi connectivity index (χ2n) is 8.18. The first kappa shape index (κ1) is 23.3. The van der Waals surface area contributed by atoms with Crippen molar-refractivity contribution in [1.82, 2.24) is 9.80 Å². The zero-order valence-corrected chi connectivity index (χ0v) is 19.5. The molecule has 4 rings (SSSR count). The third-order valence-electron chi connectivity index (χ3n) is 6.18. The number of aryl methyl sites for hydroxylation is 1. The van der Waals surface area contributed by atoms with Gasteiger partial charge in [0.25, 0.3) is 11.7 Å². The van der Waals surface area contributed by atoms with Gasteiger partial charge in [0.2, 0.25) is 0 Å². The molecule has 2 aliphatic rings. The Labute approximate surface area is 198 Å². The van der Waals surface area contributed by atoms with Crippen molar-refractivity contribution in [3.8, 4) is 5.75 Å². The fraction of sp³-hybridized carbons (Fsp3) is 0.360. The number of methoxy groups -OCH3 is 1. The Kier molecular flexibility index (Phi) is 7.02. The zero-order chi connectivity index (χ0) is 23.5. The number of morpholine rings is 1. The summed E-state index contributed by atoms with van der Waals surface area (Å²) in [5, 5.41) is 11.8. The third-order valence-corrected chi connectivity index (χ3v) is 6.43. The normalized spacial score (nSPS) is 20.9. The first-order chi connectivity index (χ1) is 15.9. The molecule has 2 fully saturated rings. The van der Waals surface area contributed by atoms with Crippen LogP contribution in [0, 0.1) is 6.92 Å². The van der Waals surface area contributed by atoms with E-state index in [-0.39, 0.29) is 11.3 Å². The van der Waals surface area contributed by atoms with Crippen LogP contribution >= 0.6 is 11.6 Å². The summed E-state index contributed by atoms with van der Waals surface area (Å²) in [6.45, 7) is 5.65. The van der Waals surface area contributed by atoms with Gasteiger partial charge in [0.05, 0.1) is 31.9 Å². The number of carbonyl (C=O) groups excluding carboxylic acids is 2. The van der Waals surface area contributed by atoms with E-state index in [0.717, 1.165) is 18.7 Å². The Morgan fingerprint density at radius 1 is 1.12 bits per heavy atom. The number of amides is 1. The van der Waals surface area contributed by atoms with Crippen molar-refractivity contribution in [3.63, 3.8) is 0 Å². The van der Waals surface area contributed by atoms with Crippen LogP contribution in [0.3, 0.4) is 0 Å². The molecular weight excluding hydrogens is 444 g/mol. The van der Waals surface area contributed by atoms with Gasteiger partial charge in [-0.05, 0) is 48.4 Å². The molecule has 0 bridgehead atoms. The van der Waals surface area contributed by atoms with Crippen molar-refractivity contribution in [2.24, 2.45) is 0 Å². The highest BCUT2D eigenvalue weighted by molar-refractivity contribution is 6.46. The smallest absolute Gasteiger partial charge is 0.295 e. The second-order valence-corrected chi connectivity index (χ2v) is 8.62. The molecule has 0 aliphatic carbocycles. The Morgan fingerprint density at radius 2 is 1.82 bits per heavy atom. The predicted octanol–water partition coefficient (Wildman–Crippen LogP) is 3.41. The van der Waals surface area contributed by atoms with Crippen LogP contribution in [0.2, 0.25) is 5.02 Å². The molecule has 2 aromatic carbocycles. The number of likely N-dealkylation sites (tertiary alicyclic amines) is 1. The van der Waals surface area contributed by atoms with Crippen LogP contribution < -0.4 is 4.74 Å². The van der Waals surface area contributed by atoms with Crippen molar-refractivity contribution in [3.05, 3.63) is 69.8 Å². The third kappa shape index (κ3) is 4.76. The molecular formula is C25H27ClN2O5. The highest BCUT2D eigenvalue weighted by Crippen LogP contribution is 2.40. The number of benzene rings is 2. The van der Waals surface area contributed by atoms with E-state index in [1.54, 1.807) is 54.5 Å². The van der Waals surface area contributed by atoms with Gasteiger partial charge in [-0.15, -0.1) is 0 Å².